The summed E-state index contributed by atoms with van der Waals surface area (Å²) in [5.74, 6) is 0.702. The highest BCUT2D eigenvalue weighted by Crippen LogP contribution is 2.38. The summed E-state index contributed by atoms with van der Waals surface area (Å²) in [6.07, 6.45) is 1.39. The molecule has 0 saturated heterocycles. The van der Waals surface area contributed by atoms with Crippen LogP contribution in [0.5, 0.6) is 17.2 Å². The van der Waals surface area contributed by atoms with Gasteiger partial charge in [0.15, 0.2) is 21.3 Å². The third kappa shape index (κ3) is 4.66. The van der Waals surface area contributed by atoms with Crippen molar-refractivity contribution in [1.82, 2.24) is 5.32 Å². The highest BCUT2D eigenvalue weighted by Gasteiger charge is 2.32. The molecule has 3 aromatic rings. The highest BCUT2D eigenvalue weighted by molar-refractivity contribution is 7.91. The maximum Gasteiger partial charge on any atom is 0.251 e. The molecule has 1 N–H and O–H groups in total. The monoisotopic (exact) mass is 445 g/mol. The Morgan fingerprint density at radius 3 is 2.13 bits per heavy atom. The van der Waals surface area contributed by atoms with Crippen LogP contribution < -0.4 is 19.5 Å². The lowest BCUT2D eigenvalue weighted by atomic mass is 10.1. The van der Waals surface area contributed by atoms with Crippen LogP contribution in [0.25, 0.3) is 0 Å². The quantitative estimate of drug-likeness (QED) is 0.539. The van der Waals surface area contributed by atoms with Crippen molar-refractivity contribution in [3.8, 4) is 17.2 Å². The van der Waals surface area contributed by atoms with E-state index in [2.05, 4.69) is 5.32 Å². The molecular weight excluding hydrogens is 422 g/mol. The lowest BCUT2D eigenvalue weighted by molar-refractivity contribution is 0.0952. The largest absolute Gasteiger partial charge is 0.493 e. The first-order chi connectivity index (χ1) is 14.9. The molecule has 9 heteroatoms. The van der Waals surface area contributed by atoms with Crippen molar-refractivity contribution in [3.05, 3.63) is 72.2 Å². The molecule has 0 aliphatic carbocycles. The average Bonchev–Trinajstić information content (AvgIpc) is 3.32. The fourth-order valence-electron chi connectivity index (χ4n) is 3.11. The van der Waals surface area contributed by atoms with Crippen molar-refractivity contribution < 1.29 is 31.8 Å². The normalized spacial score (nSPS) is 12.1. The van der Waals surface area contributed by atoms with Crippen LogP contribution in [-0.4, -0.2) is 42.2 Å². The van der Waals surface area contributed by atoms with Crippen molar-refractivity contribution in [1.29, 1.82) is 0 Å². The molecule has 164 valence electrons. The third-order valence-corrected chi connectivity index (χ3v) is 6.76. The zero-order chi connectivity index (χ0) is 22.4. The number of carbonyl (C=O) groups is 1. The molecule has 0 fully saturated rings. The first-order valence-corrected chi connectivity index (χ1v) is 10.9. The lowest BCUT2D eigenvalue weighted by Crippen LogP contribution is -2.31. The molecule has 0 unspecified atom stereocenters. The Morgan fingerprint density at radius 1 is 0.968 bits per heavy atom. The SMILES string of the molecule is COc1cc(C(=O)NC[C@@H](c2ccco2)S(=O)(=O)c2ccccc2)cc(OC)c1OC. The molecule has 31 heavy (non-hydrogen) atoms. The van der Waals surface area contributed by atoms with Gasteiger partial charge < -0.3 is 23.9 Å². The first kappa shape index (κ1) is 22.2. The predicted octanol–water partition coefficient (Wildman–Crippen LogP) is 3.25. The Bertz CT molecular complexity index is 1100. The minimum atomic E-state index is -3.82. The van der Waals surface area contributed by atoms with Gasteiger partial charge in [-0.05, 0) is 36.4 Å². The van der Waals surface area contributed by atoms with Crippen molar-refractivity contribution in [2.45, 2.75) is 10.1 Å². The van der Waals surface area contributed by atoms with Gasteiger partial charge in [0.05, 0.1) is 32.5 Å². The third-order valence-electron chi connectivity index (χ3n) is 4.68. The van der Waals surface area contributed by atoms with Gasteiger partial charge in [0.25, 0.3) is 5.91 Å². The molecule has 0 bridgehead atoms. The molecule has 1 heterocycles. The lowest BCUT2D eigenvalue weighted by Gasteiger charge is -2.18. The van der Waals surface area contributed by atoms with E-state index in [0.717, 1.165) is 0 Å². The smallest absolute Gasteiger partial charge is 0.251 e. The molecule has 0 saturated carbocycles. The van der Waals surface area contributed by atoms with Crippen molar-refractivity contribution in [2.75, 3.05) is 27.9 Å². The molecule has 0 aliphatic heterocycles. The number of furan rings is 1. The van der Waals surface area contributed by atoms with E-state index in [9.17, 15) is 13.2 Å². The molecule has 0 spiro atoms. The Morgan fingerprint density at radius 2 is 1.61 bits per heavy atom. The van der Waals surface area contributed by atoms with Gasteiger partial charge in [-0.15, -0.1) is 0 Å². The first-order valence-electron chi connectivity index (χ1n) is 9.33. The Balaban J connectivity index is 1.89. The van der Waals surface area contributed by atoms with Crippen LogP contribution in [0.1, 0.15) is 21.4 Å². The number of hydrogen-bond acceptors (Lipinski definition) is 7. The zero-order valence-corrected chi connectivity index (χ0v) is 18.1. The number of carbonyl (C=O) groups excluding carboxylic acids is 1. The standard InChI is InChI=1S/C22H23NO7S/c1-27-18-12-15(13-19(28-2)21(18)29-3)22(24)23-14-20(17-10-7-11-30-17)31(25,26)16-8-5-4-6-9-16/h4-13,20H,14H2,1-3H3,(H,23,24)/t20-/m0/s1. The van der Waals surface area contributed by atoms with E-state index in [1.165, 1.54) is 51.9 Å². The summed E-state index contributed by atoms with van der Waals surface area (Å²) in [7, 11) is 0.530. The minimum absolute atomic E-state index is 0.137. The number of rotatable bonds is 9. The van der Waals surface area contributed by atoms with E-state index in [4.69, 9.17) is 18.6 Å². The van der Waals surface area contributed by atoms with Gasteiger partial charge in [-0.1, -0.05) is 18.2 Å². The van der Waals surface area contributed by atoms with Crippen LogP contribution in [0.4, 0.5) is 0 Å². The van der Waals surface area contributed by atoms with E-state index in [0.29, 0.717) is 17.2 Å². The fourth-order valence-corrected chi connectivity index (χ4v) is 4.72. The van der Waals surface area contributed by atoms with Crippen molar-refractivity contribution in [2.24, 2.45) is 0 Å². The number of methoxy groups -OCH3 is 3. The van der Waals surface area contributed by atoms with Crippen molar-refractivity contribution in [3.63, 3.8) is 0 Å². The van der Waals surface area contributed by atoms with Crippen LogP contribution in [0.3, 0.4) is 0 Å². The zero-order valence-electron chi connectivity index (χ0n) is 17.3. The van der Waals surface area contributed by atoms with Crippen LogP contribution in [0.15, 0.2) is 70.2 Å². The topological polar surface area (TPSA) is 104 Å². The van der Waals surface area contributed by atoms with Gasteiger partial charge in [-0.2, -0.15) is 0 Å². The van der Waals surface area contributed by atoms with Gasteiger partial charge in [0.1, 0.15) is 11.0 Å². The molecule has 1 aromatic heterocycles. The average molecular weight is 445 g/mol. The highest BCUT2D eigenvalue weighted by atomic mass is 32.2. The number of benzene rings is 2. The van der Waals surface area contributed by atoms with Gasteiger partial charge in [0, 0.05) is 12.1 Å². The number of sulfone groups is 1. The van der Waals surface area contributed by atoms with Gasteiger partial charge >= 0.3 is 0 Å². The summed E-state index contributed by atoms with van der Waals surface area (Å²) in [4.78, 5) is 13.0. The Hall–Kier alpha value is -3.46. The number of hydrogen-bond donors (Lipinski definition) is 1. The second kappa shape index (κ2) is 9.57. The van der Waals surface area contributed by atoms with Crippen LogP contribution in [0, 0.1) is 0 Å². The van der Waals surface area contributed by atoms with E-state index >= 15 is 0 Å². The maximum absolute atomic E-state index is 13.2. The van der Waals surface area contributed by atoms with Gasteiger partial charge in [0.2, 0.25) is 5.75 Å². The van der Waals surface area contributed by atoms with E-state index in [1.807, 2.05) is 0 Å². The predicted molar refractivity (Wildman–Crippen MR) is 114 cm³/mol. The summed E-state index contributed by atoms with van der Waals surface area (Å²) in [6, 6.07) is 14.2. The molecule has 1 amide bonds. The number of amides is 1. The van der Waals surface area contributed by atoms with Crippen LogP contribution in [-0.2, 0) is 9.84 Å². The second-order valence-corrected chi connectivity index (χ2v) is 8.62. The fraction of sp³-hybridized carbons (Fsp3) is 0.227. The van der Waals surface area contributed by atoms with Gasteiger partial charge in [-0.3, -0.25) is 4.79 Å². The van der Waals surface area contributed by atoms with E-state index in [-0.39, 0.29) is 22.8 Å². The summed E-state index contributed by atoms with van der Waals surface area (Å²) >= 11 is 0. The molecule has 0 aliphatic rings. The van der Waals surface area contributed by atoms with Crippen LogP contribution in [0.2, 0.25) is 0 Å². The summed E-state index contributed by atoms with van der Waals surface area (Å²) in [6.45, 7) is -0.194. The number of nitrogens with one attached hydrogen (secondary N) is 1. The summed E-state index contributed by atoms with van der Waals surface area (Å²) < 4.78 is 47.6. The molecule has 1 atom stereocenters. The molecule has 2 aromatic carbocycles. The minimum Gasteiger partial charge on any atom is -0.493 e. The van der Waals surface area contributed by atoms with E-state index < -0.39 is 21.0 Å². The Kier molecular flexibility index (Phi) is 6.86. The molecule has 3 rings (SSSR count). The van der Waals surface area contributed by atoms with Gasteiger partial charge in [-0.25, -0.2) is 8.42 Å². The molecule has 0 radical (unpaired) electrons. The Labute approximate surface area is 180 Å². The molecule has 8 nitrogen and oxygen atoms in total. The van der Waals surface area contributed by atoms with E-state index in [1.54, 1.807) is 30.3 Å². The van der Waals surface area contributed by atoms with Crippen LogP contribution >= 0.6 is 0 Å². The second-order valence-electron chi connectivity index (χ2n) is 6.49. The number of ether oxygens (including phenoxy) is 3. The summed E-state index contributed by atoms with van der Waals surface area (Å²) in [5.41, 5.74) is 0.227. The van der Waals surface area contributed by atoms with Crippen molar-refractivity contribution >= 4 is 15.7 Å². The maximum atomic E-state index is 13.2. The summed E-state index contributed by atoms with van der Waals surface area (Å²) in [5, 5.41) is 1.57. The molecular formula is C22H23NO7S.